The van der Waals surface area contributed by atoms with Gasteiger partial charge < -0.3 is 9.47 Å². The van der Waals surface area contributed by atoms with Crippen LogP contribution in [0.5, 0.6) is 0 Å². The first kappa shape index (κ1) is 11.2. The van der Waals surface area contributed by atoms with Crippen LogP contribution < -0.4 is 0 Å². The van der Waals surface area contributed by atoms with Crippen LogP contribution in [0.1, 0.15) is 33.6 Å². The quantitative estimate of drug-likeness (QED) is 0.462. The van der Waals surface area contributed by atoms with E-state index in [4.69, 9.17) is 21.1 Å². The zero-order valence-corrected chi connectivity index (χ0v) is 8.28. The third-order valence-corrected chi connectivity index (χ3v) is 1.68. The van der Waals surface area contributed by atoms with Gasteiger partial charge in [0.2, 0.25) is 5.25 Å². The Balaban J connectivity index is 3.79. The predicted molar refractivity (Wildman–Crippen MR) is 46.7 cm³/mol. The fourth-order valence-electron chi connectivity index (χ4n) is 0.916. The van der Waals surface area contributed by atoms with Crippen molar-refractivity contribution in [2.45, 2.75) is 38.9 Å². The Labute approximate surface area is 73.8 Å². The topological polar surface area (TPSA) is 18.5 Å². The Kier molecular flexibility index (Phi) is 5.92. The number of halogens is 1. The molecule has 0 saturated carbocycles. The molecule has 0 N–H and O–H groups in total. The number of rotatable bonds is 6. The van der Waals surface area contributed by atoms with E-state index in [0.717, 1.165) is 12.8 Å². The largest absolute Gasteiger partial charge is 0.338 e. The molecule has 0 aromatic carbocycles. The summed E-state index contributed by atoms with van der Waals surface area (Å²) in [5.74, 6) is 0. The number of hydrogen-bond acceptors (Lipinski definition) is 2. The summed E-state index contributed by atoms with van der Waals surface area (Å²) in [4.78, 5) is 0. The molecule has 0 aliphatic rings. The maximum Gasteiger partial charge on any atom is 0.248 e. The molecule has 0 heterocycles. The highest BCUT2D eigenvalue weighted by atomic mass is 35.5. The smallest absolute Gasteiger partial charge is 0.248 e. The second-order valence-electron chi connectivity index (χ2n) is 2.28. The summed E-state index contributed by atoms with van der Waals surface area (Å²) >= 11 is 6.00. The molecule has 0 rings (SSSR count). The van der Waals surface area contributed by atoms with Gasteiger partial charge in [0.15, 0.2) is 0 Å². The zero-order chi connectivity index (χ0) is 8.74. The summed E-state index contributed by atoms with van der Waals surface area (Å²) in [6, 6.07) is 0. The number of hydrogen-bond donors (Lipinski definition) is 0. The molecule has 0 aliphatic heterocycles. The van der Waals surface area contributed by atoms with E-state index in [1.807, 2.05) is 13.8 Å². The van der Waals surface area contributed by atoms with E-state index < -0.39 is 5.25 Å². The Morgan fingerprint density at radius 3 is 1.82 bits per heavy atom. The van der Waals surface area contributed by atoms with Crippen LogP contribution >= 0.6 is 11.6 Å². The highest BCUT2D eigenvalue weighted by Crippen LogP contribution is 2.24. The molecule has 0 spiro atoms. The summed E-state index contributed by atoms with van der Waals surface area (Å²) in [5, 5.41) is -0.877. The monoisotopic (exact) mass is 180 g/mol. The van der Waals surface area contributed by atoms with E-state index in [2.05, 4.69) is 6.92 Å². The van der Waals surface area contributed by atoms with Crippen molar-refractivity contribution < 1.29 is 9.47 Å². The Bertz CT molecular complexity index is 79.1. The molecule has 0 saturated heterocycles. The molecule has 0 aromatic heterocycles. The number of alkyl halides is 1. The highest BCUT2D eigenvalue weighted by molar-refractivity contribution is 6.21. The summed E-state index contributed by atoms with van der Waals surface area (Å²) in [6.07, 6.45) is 1.69. The van der Waals surface area contributed by atoms with Gasteiger partial charge in [-0.1, -0.05) is 18.5 Å². The second kappa shape index (κ2) is 5.81. The molecule has 11 heavy (non-hydrogen) atoms. The van der Waals surface area contributed by atoms with Crippen molar-refractivity contribution in [2.75, 3.05) is 13.2 Å². The Hall–Kier alpha value is 0.210. The van der Waals surface area contributed by atoms with Crippen molar-refractivity contribution in [1.82, 2.24) is 0 Å². The molecule has 2 nitrogen and oxygen atoms in total. The Morgan fingerprint density at radius 1 is 1.09 bits per heavy atom. The minimum Gasteiger partial charge on any atom is -0.338 e. The molecule has 0 fully saturated rings. The van der Waals surface area contributed by atoms with E-state index in [9.17, 15) is 0 Å². The van der Waals surface area contributed by atoms with Crippen molar-refractivity contribution in [3.8, 4) is 0 Å². The molecule has 0 radical (unpaired) electrons. The minimum absolute atomic E-state index is 0.587. The van der Waals surface area contributed by atoms with Crippen LogP contribution in [0.15, 0.2) is 0 Å². The van der Waals surface area contributed by atoms with Gasteiger partial charge in [0.25, 0.3) is 0 Å². The van der Waals surface area contributed by atoms with Crippen LogP contribution in [0.4, 0.5) is 0 Å². The fraction of sp³-hybridized carbons (Fsp3) is 1.00. The first-order valence-corrected chi connectivity index (χ1v) is 4.53. The maximum absolute atomic E-state index is 6.00. The van der Waals surface area contributed by atoms with E-state index in [0.29, 0.717) is 13.2 Å². The van der Waals surface area contributed by atoms with Gasteiger partial charge >= 0.3 is 0 Å². The summed E-state index contributed by atoms with van der Waals surface area (Å²) in [5.41, 5.74) is 0. The molecular formula is C8H17ClO2. The van der Waals surface area contributed by atoms with Crippen molar-refractivity contribution in [1.29, 1.82) is 0 Å². The van der Waals surface area contributed by atoms with Gasteiger partial charge in [-0.2, -0.15) is 0 Å². The summed E-state index contributed by atoms with van der Waals surface area (Å²) in [6.45, 7) is 7.04. The number of ether oxygens (including phenoxy) is 2. The SMILES string of the molecule is CCCC(Cl)(OCC)OCC. The molecule has 0 atom stereocenters. The third kappa shape index (κ3) is 4.62. The van der Waals surface area contributed by atoms with Crippen LogP contribution in [0.25, 0.3) is 0 Å². The van der Waals surface area contributed by atoms with Gasteiger partial charge in [-0.3, -0.25) is 0 Å². The normalized spacial score (nSPS) is 12.0. The zero-order valence-electron chi connectivity index (χ0n) is 7.52. The van der Waals surface area contributed by atoms with Gasteiger partial charge in [-0.25, -0.2) is 0 Å². The third-order valence-electron chi connectivity index (χ3n) is 1.27. The molecule has 0 amide bonds. The first-order valence-electron chi connectivity index (χ1n) is 4.15. The standard InChI is InChI=1S/C8H17ClO2/c1-4-7-8(9,10-5-2)11-6-3/h4-7H2,1-3H3. The van der Waals surface area contributed by atoms with Crippen molar-refractivity contribution >= 4 is 11.6 Å². The van der Waals surface area contributed by atoms with E-state index in [1.165, 1.54) is 0 Å². The predicted octanol–water partition coefficient (Wildman–Crippen LogP) is 2.75. The second-order valence-corrected chi connectivity index (χ2v) is 2.85. The molecule has 0 unspecified atom stereocenters. The average molecular weight is 181 g/mol. The molecule has 0 aliphatic carbocycles. The van der Waals surface area contributed by atoms with Gasteiger partial charge in [0, 0.05) is 19.6 Å². The summed E-state index contributed by atoms with van der Waals surface area (Å²) in [7, 11) is 0. The Morgan fingerprint density at radius 2 is 1.55 bits per heavy atom. The summed E-state index contributed by atoms with van der Waals surface area (Å²) < 4.78 is 10.5. The molecule has 68 valence electrons. The fourth-order valence-corrected chi connectivity index (χ4v) is 1.32. The average Bonchev–Trinajstić information content (AvgIpc) is 1.88. The van der Waals surface area contributed by atoms with Crippen LogP contribution in [0.2, 0.25) is 0 Å². The van der Waals surface area contributed by atoms with Crippen LogP contribution in [-0.2, 0) is 9.47 Å². The van der Waals surface area contributed by atoms with E-state index in [1.54, 1.807) is 0 Å². The van der Waals surface area contributed by atoms with Gasteiger partial charge in [0.05, 0.1) is 0 Å². The van der Waals surface area contributed by atoms with Crippen LogP contribution in [0.3, 0.4) is 0 Å². The van der Waals surface area contributed by atoms with Crippen molar-refractivity contribution in [2.24, 2.45) is 0 Å². The first-order chi connectivity index (χ1) is 5.18. The van der Waals surface area contributed by atoms with E-state index in [-0.39, 0.29) is 0 Å². The lowest BCUT2D eigenvalue weighted by molar-refractivity contribution is -0.176. The van der Waals surface area contributed by atoms with Crippen LogP contribution in [-0.4, -0.2) is 18.5 Å². The lowest BCUT2D eigenvalue weighted by Crippen LogP contribution is -2.29. The molecule has 3 heteroatoms. The van der Waals surface area contributed by atoms with E-state index >= 15 is 0 Å². The van der Waals surface area contributed by atoms with Crippen LogP contribution in [0, 0.1) is 0 Å². The van der Waals surface area contributed by atoms with Crippen molar-refractivity contribution in [3.05, 3.63) is 0 Å². The van der Waals surface area contributed by atoms with Gasteiger partial charge in [0.1, 0.15) is 0 Å². The van der Waals surface area contributed by atoms with Gasteiger partial charge in [-0.15, -0.1) is 0 Å². The van der Waals surface area contributed by atoms with Crippen molar-refractivity contribution in [3.63, 3.8) is 0 Å². The van der Waals surface area contributed by atoms with Gasteiger partial charge in [-0.05, 0) is 20.3 Å². The maximum atomic E-state index is 6.00. The molecule has 0 bridgehead atoms. The minimum atomic E-state index is -0.877. The lowest BCUT2D eigenvalue weighted by atomic mass is 10.3. The molecular weight excluding hydrogens is 164 g/mol. The highest BCUT2D eigenvalue weighted by Gasteiger charge is 2.26. The lowest BCUT2D eigenvalue weighted by Gasteiger charge is -2.25. The molecule has 0 aromatic rings.